The molecule has 1 saturated carbocycles. The molecule has 1 aliphatic heterocycles. The van der Waals surface area contributed by atoms with Crippen molar-refractivity contribution >= 4 is 0 Å². The van der Waals surface area contributed by atoms with Crippen LogP contribution in [-0.4, -0.2) is 29.5 Å². The molecule has 1 aromatic heterocycles. The summed E-state index contributed by atoms with van der Waals surface area (Å²) in [5.74, 6) is 1.57. The number of nitrogens with one attached hydrogen (secondary N) is 1. The Hall–Kier alpha value is -1.09. The van der Waals surface area contributed by atoms with Crippen LogP contribution in [0.4, 0.5) is 0 Å². The highest BCUT2D eigenvalue weighted by atomic mass is 16.1. The Morgan fingerprint density at radius 1 is 1.10 bits per heavy atom. The summed E-state index contributed by atoms with van der Waals surface area (Å²) in [7, 11) is 0. The Kier molecular flexibility index (Phi) is 5.13. The third-order valence-electron chi connectivity index (χ3n) is 5.44. The molecule has 2 aliphatic rings. The van der Waals surface area contributed by atoms with Crippen molar-refractivity contribution in [1.82, 2.24) is 9.88 Å². The number of likely N-dealkylation sites (tertiary alicyclic amines) is 1. The largest absolute Gasteiger partial charge is 0.329 e. The second kappa shape index (κ2) is 7.26. The number of piperidine rings is 1. The van der Waals surface area contributed by atoms with E-state index in [4.69, 9.17) is 0 Å². The first-order valence-corrected chi connectivity index (χ1v) is 8.72. The summed E-state index contributed by atoms with van der Waals surface area (Å²) >= 11 is 0. The van der Waals surface area contributed by atoms with E-state index in [-0.39, 0.29) is 5.56 Å². The Morgan fingerprint density at radius 3 is 2.57 bits per heavy atom. The highest BCUT2D eigenvalue weighted by molar-refractivity contribution is 5.16. The van der Waals surface area contributed by atoms with E-state index in [9.17, 15) is 4.79 Å². The van der Waals surface area contributed by atoms with Gasteiger partial charge >= 0.3 is 0 Å². The highest BCUT2D eigenvalue weighted by Crippen LogP contribution is 2.29. The number of aromatic nitrogens is 1. The third kappa shape index (κ3) is 4.19. The van der Waals surface area contributed by atoms with Crippen molar-refractivity contribution in [2.75, 3.05) is 19.6 Å². The lowest BCUT2D eigenvalue weighted by Gasteiger charge is -2.33. The molecule has 1 aliphatic carbocycles. The van der Waals surface area contributed by atoms with E-state index in [0.717, 1.165) is 5.92 Å². The van der Waals surface area contributed by atoms with Crippen LogP contribution in [0.3, 0.4) is 0 Å². The molecular formula is C18H28N2O. The molecule has 3 nitrogen and oxygen atoms in total. The fraction of sp³-hybridized carbons (Fsp3) is 0.722. The number of rotatable bonds is 4. The average Bonchev–Trinajstić information content (AvgIpc) is 2.54. The molecule has 0 radical (unpaired) electrons. The van der Waals surface area contributed by atoms with Crippen molar-refractivity contribution in [3.63, 3.8) is 0 Å². The SMILES string of the molecule is O=c1cc(C2CCN(CCC3CCCCC3)CC2)cc[nH]1. The average molecular weight is 288 g/mol. The molecule has 1 aromatic rings. The summed E-state index contributed by atoms with van der Waals surface area (Å²) in [6, 6.07) is 3.85. The van der Waals surface area contributed by atoms with Gasteiger partial charge in [-0.15, -0.1) is 0 Å². The van der Waals surface area contributed by atoms with Crippen molar-refractivity contribution in [3.8, 4) is 0 Å². The number of hydrogen-bond acceptors (Lipinski definition) is 2. The minimum Gasteiger partial charge on any atom is -0.329 e. The van der Waals surface area contributed by atoms with Crippen LogP contribution in [0, 0.1) is 5.92 Å². The van der Waals surface area contributed by atoms with Gasteiger partial charge in [0.2, 0.25) is 5.56 Å². The van der Waals surface area contributed by atoms with Gasteiger partial charge in [0.05, 0.1) is 0 Å². The van der Waals surface area contributed by atoms with E-state index in [1.807, 2.05) is 0 Å². The summed E-state index contributed by atoms with van der Waals surface area (Å²) in [6.07, 6.45) is 12.9. The van der Waals surface area contributed by atoms with Crippen molar-refractivity contribution in [2.24, 2.45) is 5.92 Å². The van der Waals surface area contributed by atoms with Gasteiger partial charge in [0, 0.05) is 12.3 Å². The second-order valence-electron chi connectivity index (χ2n) is 6.89. The highest BCUT2D eigenvalue weighted by Gasteiger charge is 2.22. The molecule has 1 saturated heterocycles. The number of hydrogen-bond donors (Lipinski definition) is 1. The van der Waals surface area contributed by atoms with Crippen LogP contribution < -0.4 is 5.56 Å². The molecule has 3 rings (SSSR count). The molecule has 0 bridgehead atoms. The number of pyridine rings is 1. The molecule has 1 N–H and O–H groups in total. The van der Waals surface area contributed by atoms with Gasteiger partial charge in [0.25, 0.3) is 0 Å². The summed E-state index contributed by atoms with van der Waals surface area (Å²) < 4.78 is 0. The monoisotopic (exact) mass is 288 g/mol. The van der Waals surface area contributed by atoms with Crippen LogP contribution in [0.2, 0.25) is 0 Å². The van der Waals surface area contributed by atoms with Crippen LogP contribution in [0.1, 0.15) is 62.8 Å². The topological polar surface area (TPSA) is 36.1 Å². The van der Waals surface area contributed by atoms with Gasteiger partial charge in [0.15, 0.2) is 0 Å². The van der Waals surface area contributed by atoms with Crippen molar-refractivity contribution in [2.45, 2.75) is 57.3 Å². The zero-order valence-corrected chi connectivity index (χ0v) is 13.0. The molecule has 2 heterocycles. The van der Waals surface area contributed by atoms with Gasteiger partial charge < -0.3 is 9.88 Å². The quantitative estimate of drug-likeness (QED) is 0.920. The van der Waals surface area contributed by atoms with Crippen LogP contribution in [0.15, 0.2) is 23.1 Å². The molecule has 0 amide bonds. The van der Waals surface area contributed by atoms with E-state index < -0.39 is 0 Å². The standard InChI is InChI=1S/C18H28N2O/c21-18-14-17(6-10-19-18)16-8-12-20(13-9-16)11-7-15-4-2-1-3-5-15/h6,10,14-16H,1-5,7-9,11-13H2,(H,19,21). The van der Waals surface area contributed by atoms with E-state index in [2.05, 4.69) is 16.0 Å². The van der Waals surface area contributed by atoms with Crippen LogP contribution in [-0.2, 0) is 0 Å². The molecule has 3 heteroatoms. The number of nitrogens with zero attached hydrogens (tertiary/aromatic N) is 1. The van der Waals surface area contributed by atoms with Crippen LogP contribution in [0.5, 0.6) is 0 Å². The van der Waals surface area contributed by atoms with Gasteiger partial charge in [-0.25, -0.2) is 0 Å². The van der Waals surface area contributed by atoms with Gasteiger partial charge in [-0.05, 0) is 62.4 Å². The fourth-order valence-corrected chi connectivity index (χ4v) is 4.05. The molecule has 0 atom stereocenters. The minimum atomic E-state index is 0.0345. The van der Waals surface area contributed by atoms with Gasteiger partial charge in [-0.2, -0.15) is 0 Å². The Morgan fingerprint density at radius 2 is 1.86 bits per heavy atom. The lowest BCUT2D eigenvalue weighted by molar-refractivity contribution is 0.189. The maximum absolute atomic E-state index is 11.4. The third-order valence-corrected chi connectivity index (χ3v) is 5.44. The smallest absolute Gasteiger partial charge is 0.248 e. The maximum atomic E-state index is 11.4. The Balaban J connectivity index is 1.43. The van der Waals surface area contributed by atoms with Crippen molar-refractivity contribution in [1.29, 1.82) is 0 Å². The fourth-order valence-electron chi connectivity index (χ4n) is 4.05. The zero-order valence-electron chi connectivity index (χ0n) is 13.0. The molecule has 0 aromatic carbocycles. The first-order valence-electron chi connectivity index (χ1n) is 8.72. The van der Waals surface area contributed by atoms with Gasteiger partial charge in [0.1, 0.15) is 0 Å². The van der Waals surface area contributed by atoms with E-state index in [1.54, 1.807) is 12.3 Å². The van der Waals surface area contributed by atoms with Crippen molar-refractivity contribution in [3.05, 3.63) is 34.2 Å². The lowest BCUT2D eigenvalue weighted by Crippen LogP contribution is -2.34. The van der Waals surface area contributed by atoms with Crippen molar-refractivity contribution < 1.29 is 0 Å². The predicted molar refractivity (Wildman–Crippen MR) is 86.7 cm³/mol. The molecular weight excluding hydrogens is 260 g/mol. The summed E-state index contributed by atoms with van der Waals surface area (Å²) in [5.41, 5.74) is 1.26. The van der Waals surface area contributed by atoms with Gasteiger partial charge in [-0.3, -0.25) is 4.79 Å². The summed E-state index contributed by atoms with van der Waals surface area (Å²) in [4.78, 5) is 16.8. The van der Waals surface area contributed by atoms with E-state index in [0.29, 0.717) is 5.92 Å². The second-order valence-corrected chi connectivity index (χ2v) is 6.89. The zero-order chi connectivity index (χ0) is 14.5. The normalized spacial score (nSPS) is 22.5. The Labute approximate surface area is 127 Å². The van der Waals surface area contributed by atoms with E-state index in [1.165, 1.54) is 76.6 Å². The van der Waals surface area contributed by atoms with Crippen LogP contribution in [0.25, 0.3) is 0 Å². The molecule has 2 fully saturated rings. The van der Waals surface area contributed by atoms with E-state index >= 15 is 0 Å². The predicted octanol–water partition coefficient (Wildman–Crippen LogP) is 3.52. The maximum Gasteiger partial charge on any atom is 0.248 e. The molecule has 0 spiro atoms. The number of H-pyrrole nitrogens is 1. The minimum absolute atomic E-state index is 0.0345. The first-order chi connectivity index (χ1) is 10.3. The number of aromatic amines is 1. The Bertz CT molecular complexity index is 482. The molecule has 116 valence electrons. The molecule has 0 unspecified atom stereocenters. The summed E-state index contributed by atoms with van der Waals surface area (Å²) in [5, 5.41) is 0. The van der Waals surface area contributed by atoms with Crippen LogP contribution >= 0.6 is 0 Å². The first kappa shape index (κ1) is 14.8. The molecule has 21 heavy (non-hydrogen) atoms. The summed E-state index contributed by atoms with van der Waals surface area (Å²) in [6.45, 7) is 3.68. The van der Waals surface area contributed by atoms with Gasteiger partial charge in [-0.1, -0.05) is 32.1 Å². The lowest BCUT2D eigenvalue weighted by atomic mass is 9.86.